The van der Waals surface area contributed by atoms with Crippen LogP contribution >= 0.6 is 11.7 Å². The van der Waals surface area contributed by atoms with Gasteiger partial charge in [-0.3, -0.25) is 4.79 Å². The van der Waals surface area contributed by atoms with Crippen LogP contribution < -0.4 is 5.32 Å². The van der Waals surface area contributed by atoms with Gasteiger partial charge in [-0.05, 0) is 25.0 Å². The van der Waals surface area contributed by atoms with Crippen molar-refractivity contribution < 1.29 is 23.1 Å². The fourth-order valence-electron chi connectivity index (χ4n) is 3.12. The number of sulfonamides is 1. The Kier molecular flexibility index (Phi) is 6.37. The van der Waals surface area contributed by atoms with Crippen LogP contribution in [0.15, 0.2) is 23.1 Å². The van der Waals surface area contributed by atoms with Crippen molar-refractivity contribution in [2.24, 2.45) is 5.92 Å². The Labute approximate surface area is 161 Å². The van der Waals surface area contributed by atoms with E-state index in [1.807, 2.05) is 0 Å². The SMILES string of the molecule is COC[C@@H](O)CNC(=O)[C@@H]1CCCN(S(=O)(=O)c2cccc3nsnc23)C1. The molecule has 1 aliphatic rings. The molecule has 2 heterocycles. The Morgan fingerprint density at radius 1 is 1.48 bits per heavy atom. The number of hydrogen-bond acceptors (Lipinski definition) is 8. The zero-order valence-corrected chi connectivity index (χ0v) is 16.5. The standard InChI is InChI=1S/C16H22N4O5S2/c1-25-10-12(21)8-17-16(22)11-4-3-7-20(9-11)27(23,24)14-6-2-5-13-15(14)19-26-18-13/h2,5-6,11-12,21H,3-4,7-10H2,1H3,(H,17,22)/t11-,12+/m1/s1. The Morgan fingerprint density at radius 2 is 2.30 bits per heavy atom. The molecule has 2 atom stereocenters. The summed E-state index contributed by atoms with van der Waals surface area (Å²) in [6, 6.07) is 4.88. The summed E-state index contributed by atoms with van der Waals surface area (Å²) in [6.45, 7) is 0.645. The lowest BCUT2D eigenvalue weighted by atomic mass is 9.99. The number of carbonyl (C=O) groups excluding carboxylic acids is 1. The summed E-state index contributed by atoms with van der Waals surface area (Å²) in [7, 11) is -2.31. The highest BCUT2D eigenvalue weighted by atomic mass is 32.2. The molecule has 27 heavy (non-hydrogen) atoms. The molecule has 2 aromatic rings. The van der Waals surface area contributed by atoms with E-state index in [0.717, 1.165) is 11.7 Å². The maximum atomic E-state index is 13.1. The number of benzene rings is 1. The molecule has 1 aromatic heterocycles. The zero-order valence-electron chi connectivity index (χ0n) is 14.9. The van der Waals surface area contributed by atoms with Gasteiger partial charge in [-0.25, -0.2) is 8.42 Å². The van der Waals surface area contributed by atoms with Crippen molar-refractivity contribution in [1.82, 2.24) is 18.4 Å². The lowest BCUT2D eigenvalue weighted by Crippen LogP contribution is -2.46. The van der Waals surface area contributed by atoms with Gasteiger partial charge in [-0.15, -0.1) is 0 Å². The van der Waals surface area contributed by atoms with Crippen molar-refractivity contribution in [2.75, 3.05) is 33.4 Å². The Hall–Kier alpha value is -1.66. The molecular formula is C16H22N4O5S2. The third-order valence-electron chi connectivity index (χ3n) is 4.49. The van der Waals surface area contributed by atoms with Gasteiger partial charge >= 0.3 is 0 Å². The molecule has 3 rings (SSSR count). The van der Waals surface area contributed by atoms with Gasteiger partial charge in [0.25, 0.3) is 0 Å². The number of aliphatic hydroxyl groups excluding tert-OH is 1. The van der Waals surface area contributed by atoms with E-state index >= 15 is 0 Å². The first-order chi connectivity index (χ1) is 12.9. The summed E-state index contributed by atoms with van der Waals surface area (Å²) < 4.78 is 40.5. The van der Waals surface area contributed by atoms with Crippen LogP contribution in [0.2, 0.25) is 0 Å². The minimum atomic E-state index is -3.78. The van der Waals surface area contributed by atoms with E-state index in [4.69, 9.17) is 4.74 Å². The van der Waals surface area contributed by atoms with E-state index in [-0.39, 0.29) is 30.5 Å². The Morgan fingerprint density at radius 3 is 3.07 bits per heavy atom. The van der Waals surface area contributed by atoms with E-state index in [1.54, 1.807) is 12.1 Å². The predicted octanol–water partition coefficient (Wildman–Crippen LogP) is 0.215. The van der Waals surface area contributed by atoms with Crippen LogP contribution in [0.1, 0.15) is 12.8 Å². The Balaban J connectivity index is 1.72. The fraction of sp³-hybridized carbons (Fsp3) is 0.562. The molecule has 0 radical (unpaired) electrons. The van der Waals surface area contributed by atoms with E-state index in [1.165, 1.54) is 17.5 Å². The van der Waals surface area contributed by atoms with E-state index in [0.29, 0.717) is 30.4 Å². The highest BCUT2D eigenvalue weighted by Gasteiger charge is 2.34. The fourth-order valence-corrected chi connectivity index (χ4v) is 5.39. The van der Waals surface area contributed by atoms with Crippen LogP contribution in [-0.4, -0.2) is 71.9 Å². The Bertz CT molecular complexity index is 901. The molecule has 2 N–H and O–H groups in total. The maximum absolute atomic E-state index is 13.1. The number of piperidine rings is 1. The molecule has 11 heteroatoms. The second-order valence-corrected chi connectivity index (χ2v) is 8.88. The van der Waals surface area contributed by atoms with Gasteiger partial charge in [-0.1, -0.05) is 6.07 Å². The first kappa shape index (κ1) is 20.1. The van der Waals surface area contributed by atoms with Crippen molar-refractivity contribution in [3.8, 4) is 0 Å². The number of fused-ring (bicyclic) bond motifs is 1. The number of aliphatic hydroxyl groups is 1. The molecule has 0 saturated carbocycles. The predicted molar refractivity (Wildman–Crippen MR) is 99.8 cm³/mol. The van der Waals surface area contributed by atoms with E-state index in [9.17, 15) is 18.3 Å². The van der Waals surface area contributed by atoms with Gasteiger partial charge in [0.15, 0.2) is 0 Å². The highest BCUT2D eigenvalue weighted by Crippen LogP contribution is 2.28. The number of rotatable bonds is 7. The minimum absolute atomic E-state index is 0.0692. The third-order valence-corrected chi connectivity index (χ3v) is 6.93. The van der Waals surface area contributed by atoms with Crippen molar-refractivity contribution >= 4 is 38.7 Å². The van der Waals surface area contributed by atoms with Gasteiger partial charge in [-0.2, -0.15) is 13.1 Å². The normalized spacial score (nSPS) is 19.9. The molecule has 0 bridgehead atoms. The number of nitrogens with zero attached hydrogens (tertiary/aromatic N) is 3. The summed E-state index contributed by atoms with van der Waals surface area (Å²) in [5.41, 5.74) is 0.899. The van der Waals surface area contributed by atoms with E-state index < -0.39 is 22.0 Å². The second kappa shape index (κ2) is 8.57. The smallest absolute Gasteiger partial charge is 0.245 e. The average molecular weight is 415 g/mol. The lowest BCUT2D eigenvalue weighted by molar-refractivity contribution is -0.126. The number of aromatic nitrogens is 2. The maximum Gasteiger partial charge on any atom is 0.245 e. The third kappa shape index (κ3) is 4.43. The number of methoxy groups -OCH3 is 1. The molecule has 0 aliphatic carbocycles. The first-order valence-corrected chi connectivity index (χ1v) is 10.8. The van der Waals surface area contributed by atoms with Crippen molar-refractivity contribution in [3.63, 3.8) is 0 Å². The topological polar surface area (TPSA) is 122 Å². The number of ether oxygens (including phenoxy) is 1. The number of nitrogens with one attached hydrogen (secondary N) is 1. The van der Waals surface area contributed by atoms with Crippen LogP contribution in [0.5, 0.6) is 0 Å². The van der Waals surface area contributed by atoms with Crippen LogP contribution in [0.4, 0.5) is 0 Å². The molecule has 1 aromatic carbocycles. The second-order valence-electron chi connectivity index (χ2n) is 6.44. The average Bonchev–Trinajstić information content (AvgIpc) is 3.15. The van der Waals surface area contributed by atoms with Gasteiger partial charge in [0.1, 0.15) is 15.9 Å². The zero-order chi connectivity index (χ0) is 19.4. The summed E-state index contributed by atoms with van der Waals surface area (Å²) in [4.78, 5) is 12.5. The minimum Gasteiger partial charge on any atom is -0.389 e. The van der Waals surface area contributed by atoms with Crippen LogP contribution in [0, 0.1) is 5.92 Å². The van der Waals surface area contributed by atoms with Gasteiger partial charge < -0.3 is 15.2 Å². The van der Waals surface area contributed by atoms with Crippen molar-refractivity contribution in [3.05, 3.63) is 18.2 Å². The molecule has 1 aliphatic heterocycles. The van der Waals surface area contributed by atoms with Gasteiger partial charge in [0.2, 0.25) is 15.9 Å². The van der Waals surface area contributed by atoms with Crippen LogP contribution in [0.3, 0.4) is 0 Å². The largest absolute Gasteiger partial charge is 0.389 e. The van der Waals surface area contributed by atoms with Crippen molar-refractivity contribution in [2.45, 2.75) is 23.8 Å². The number of amides is 1. The lowest BCUT2D eigenvalue weighted by Gasteiger charge is -2.31. The summed E-state index contributed by atoms with van der Waals surface area (Å²) in [6.07, 6.45) is 0.390. The quantitative estimate of drug-likeness (QED) is 0.664. The van der Waals surface area contributed by atoms with Crippen molar-refractivity contribution in [1.29, 1.82) is 0 Å². The van der Waals surface area contributed by atoms with Gasteiger partial charge in [0.05, 0.1) is 30.4 Å². The van der Waals surface area contributed by atoms with Crippen LogP contribution in [-0.2, 0) is 19.6 Å². The van der Waals surface area contributed by atoms with E-state index in [2.05, 4.69) is 14.1 Å². The van der Waals surface area contributed by atoms with Gasteiger partial charge in [0, 0.05) is 26.7 Å². The first-order valence-electron chi connectivity index (χ1n) is 8.59. The molecule has 0 spiro atoms. The summed E-state index contributed by atoms with van der Waals surface area (Å²) >= 11 is 0.967. The summed E-state index contributed by atoms with van der Waals surface area (Å²) in [5.74, 6) is -0.727. The molecule has 1 fully saturated rings. The molecular weight excluding hydrogens is 392 g/mol. The summed E-state index contributed by atoms with van der Waals surface area (Å²) in [5, 5.41) is 12.3. The molecule has 0 unspecified atom stereocenters. The molecule has 1 amide bonds. The monoisotopic (exact) mass is 414 g/mol. The molecule has 9 nitrogen and oxygen atoms in total. The van der Waals surface area contributed by atoms with Crippen LogP contribution in [0.25, 0.3) is 11.0 Å². The molecule has 148 valence electrons. The number of hydrogen-bond donors (Lipinski definition) is 2. The highest BCUT2D eigenvalue weighted by molar-refractivity contribution is 7.89. The molecule has 1 saturated heterocycles. The number of carbonyl (C=O) groups is 1.